The van der Waals surface area contributed by atoms with Gasteiger partial charge in [0.05, 0.1) is 5.75 Å². The maximum Gasteiger partial charge on any atom is 0.223 e. The molecule has 1 amide bonds. The minimum atomic E-state index is -3.49. The summed E-state index contributed by atoms with van der Waals surface area (Å²) in [6.07, 6.45) is 3.62. The highest BCUT2D eigenvalue weighted by molar-refractivity contribution is 7.89. The molecular weight excluding hydrogens is 242 g/mol. The van der Waals surface area contributed by atoms with Gasteiger partial charge in [-0.3, -0.25) is 4.79 Å². The number of nitrogens with two attached hydrogens (primary N) is 2. The summed E-state index contributed by atoms with van der Waals surface area (Å²) < 4.78 is 21.4. The van der Waals surface area contributed by atoms with Crippen molar-refractivity contribution in [2.75, 3.05) is 18.8 Å². The van der Waals surface area contributed by atoms with Crippen LogP contribution in [-0.2, 0) is 14.8 Å². The minimum Gasteiger partial charge on any atom is -0.355 e. The predicted octanol–water partition coefficient (Wildman–Crippen LogP) is -0.844. The number of amides is 1. The van der Waals surface area contributed by atoms with E-state index >= 15 is 0 Å². The van der Waals surface area contributed by atoms with Crippen LogP contribution >= 0.6 is 0 Å². The third-order valence-corrected chi connectivity index (χ3v) is 4.01. The van der Waals surface area contributed by atoms with Crippen molar-refractivity contribution in [1.29, 1.82) is 0 Å². The van der Waals surface area contributed by atoms with Crippen molar-refractivity contribution >= 4 is 15.9 Å². The second kappa shape index (κ2) is 6.32. The third kappa shape index (κ3) is 5.47. The van der Waals surface area contributed by atoms with Crippen LogP contribution in [0.5, 0.6) is 0 Å². The van der Waals surface area contributed by atoms with E-state index in [4.69, 9.17) is 10.9 Å². The maximum atomic E-state index is 11.7. The number of rotatable bonds is 5. The van der Waals surface area contributed by atoms with Gasteiger partial charge in [-0.2, -0.15) is 0 Å². The van der Waals surface area contributed by atoms with E-state index in [-0.39, 0.29) is 24.1 Å². The topological polar surface area (TPSA) is 115 Å². The van der Waals surface area contributed by atoms with Gasteiger partial charge in [0.1, 0.15) is 0 Å². The first-order valence-electron chi connectivity index (χ1n) is 5.90. The Kier molecular flexibility index (Phi) is 5.35. The zero-order valence-electron chi connectivity index (χ0n) is 9.89. The first-order chi connectivity index (χ1) is 7.92. The Bertz CT molecular complexity index is 348. The number of primary sulfonamides is 1. The highest BCUT2D eigenvalue weighted by Gasteiger charge is 2.25. The van der Waals surface area contributed by atoms with Gasteiger partial charge < -0.3 is 11.1 Å². The fourth-order valence-electron chi connectivity index (χ4n) is 2.12. The Morgan fingerprint density at radius 2 is 1.82 bits per heavy atom. The molecule has 7 heteroatoms. The zero-order chi connectivity index (χ0) is 12.9. The van der Waals surface area contributed by atoms with Crippen LogP contribution in [0.2, 0.25) is 0 Å². The Hall–Kier alpha value is -0.660. The van der Waals surface area contributed by atoms with Gasteiger partial charge in [-0.15, -0.1) is 0 Å². The summed E-state index contributed by atoms with van der Waals surface area (Å²) in [6.45, 7) is 0.772. The summed E-state index contributed by atoms with van der Waals surface area (Å²) in [7, 11) is -3.49. The molecule has 0 unspecified atom stereocenters. The molecule has 0 bridgehead atoms. The lowest BCUT2D eigenvalue weighted by Gasteiger charge is -2.26. The van der Waals surface area contributed by atoms with Crippen molar-refractivity contribution < 1.29 is 13.2 Å². The Morgan fingerprint density at radius 1 is 1.24 bits per heavy atom. The minimum absolute atomic E-state index is 0.00159. The molecule has 1 aliphatic carbocycles. The lowest BCUT2D eigenvalue weighted by molar-refractivity contribution is -0.126. The van der Waals surface area contributed by atoms with Crippen LogP contribution in [0.1, 0.15) is 25.7 Å². The third-order valence-electron chi connectivity index (χ3n) is 3.24. The Balaban J connectivity index is 2.25. The van der Waals surface area contributed by atoms with Crippen LogP contribution in [0.3, 0.4) is 0 Å². The monoisotopic (exact) mass is 263 g/mol. The molecule has 0 spiro atoms. The van der Waals surface area contributed by atoms with Gasteiger partial charge in [-0.1, -0.05) is 0 Å². The van der Waals surface area contributed by atoms with Crippen LogP contribution in [0.4, 0.5) is 0 Å². The fraction of sp³-hybridized carbons (Fsp3) is 0.900. The molecule has 0 saturated heterocycles. The molecule has 0 radical (unpaired) electrons. The van der Waals surface area contributed by atoms with Crippen LogP contribution in [-0.4, -0.2) is 33.2 Å². The molecule has 0 aliphatic heterocycles. The molecule has 6 nitrogen and oxygen atoms in total. The van der Waals surface area contributed by atoms with E-state index in [1.807, 2.05) is 0 Å². The lowest BCUT2D eigenvalue weighted by Crippen LogP contribution is -2.37. The van der Waals surface area contributed by atoms with Gasteiger partial charge >= 0.3 is 0 Å². The predicted molar refractivity (Wildman–Crippen MR) is 65.5 cm³/mol. The van der Waals surface area contributed by atoms with Crippen LogP contribution in [0, 0.1) is 11.8 Å². The Morgan fingerprint density at radius 3 is 2.29 bits per heavy atom. The number of hydrogen-bond donors (Lipinski definition) is 3. The molecule has 5 N–H and O–H groups in total. The van der Waals surface area contributed by atoms with Crippen molar-refractivity contribution in [3.05, 3.63) is 0 Å². The number of hydrogen-bond acceptors (Lipinski definition) is 4. The summed E-state index contributed by atoms with van der Waals surface area (Å²) in [4.78, 5) is 11.7. The average molecular weight is 263 g/mol. The number of nitrogens with one attached hydrogen (secondary N) is 1. The number of sulfonamides is 1. The van der Waals surface area contributed by atoms with E-state index in [1.54, 1.807) is 0 Å². The first kappa shape index (κ1) is 14.4. The SMILES string of the molecule is NCC1CCC(C(=O)NCCS(N)(=O)=O)CC1. The molecule has 0 atom stereocenters. The van der Waals surface area contributed by atoms with Gasteiger partial charge in [-0.05, 0) is 38.1 Å². The standard InChI is InChI=1S/C10H21N3O3S/c11-7-8-1-3-9(4-2-8)10(14)13-5-6-17(12,15)16/h8-9H,1-7,11H2,(H,13,14)(H2,12,15,16). The summed E-state index contributed by atoms with van der Waals surface area (Å²) in [5.41, 5.74) is 5.57. The molecule has 100 valence electrons. The van der Waals surface area contributed by atoms with E-state index in [9.17, 15) is 13.2 Å². The van der Waals surface area contributed by atoms with E-state index in [2.05, 4.69) is 5.32 Å². The van der Waals surface area contributed by atoms with Crippen LogP contribution < -0.4 is 16.2 Å². The van der Waals surface area contributed by atoms with Gasteiger partial charge in [-0.25, -0.2) is 13.6 Å². The van der Waals surface area contributed by atoms with Gasteiger partial charge in [0.25, 0.3) is 0 Å². The van der Waals surface area contributed by atoms with Crippen molar-refractivity contribution in [1.82, 2.24) is 5.32 Å². The van der Waals surface area contributed by atoms with Crippen molar-refractivity contribution in [2.24, 2.45) is 22.7 Å². The van der Waals surface area contributed by atoms with E-state index in [1.165, 1.54) is 0 Å². The molecule has 1 saturated carbocycles. The highest BCUT2D eigenvalue weighted by atomic mass is 32.2. The quantitative estimate of drug-likeness (QED) is 0.599. The first-order valence-corrected chi connectivity index (χ1v) is 7.62. The normalized spacial score (nSPS) is 25.5. The number of carbonyl (C=O) groups is 1. The second-order valence-electron chi connectivity index (χ2n) is 4.61. The van der Waals surface area contributed by atoms with Crippen LogP contribution in [0.15, 0.2) is 0 Å². The second-order valence-corrected chi connectivity index (χ2v) is 6.35. The molecule has 1 rings (SSSR count). The molecule has 0 heterocycles. The number of carbonyl (C=O) groups excluding carboxylic acids is 1. The maximum absolute atomic E-state index is 11.7. The summed E-state index contributed by atoms with van der Waals surface area (Å²) in [5, 5.41) is 7.46. The lowest BCUT2D eigenvalue weighted by atomic mass is 9.81. The molecule has 1 fully saturated rings. The van der Waals surface area contributed by atoms with E-state index in [0.717, 1.165) is 25.7 Å². The Labute approximate surface area is 102 Å². The summed E-state index contributed by atoms with van der Waals surface area (Å²) in [5.74, 6) is 0.252. The van der Waals surface area contributed by atoms with Crippen molar-refractivity contribution in [3.8, 4) is 0 Å². The molecular formula is C10H21N3O3S. The van der Waals surface area contributed by atoms with Gasteiger partial charge in [0, 0.05) is 12.5 Å². The van der Waals surface area contributed by atoms with Crippen molar-refractivity contribution in [3.63, 3.8) is 0 Å². The average Bonchev–Trinajstić information content (AvgIpc) is 2.27. The highest BCUT2D eigenvalue weighted by Crippen LogP contribution is 2.27. The van der Waals surface area contributed by atoms with Crippen molar-refractivity contribution in [2.45, 2.75) is 25.7 Å². The fourth-order valence-corrected chi connectivity index (χ4v) is 2.51. The van der Waals surface area contributed by atoms with E-state index in [0.29, 0.717) is 12.5 Å². The van der Waals surface area contributed by atoms with E-state index < -0.39 is 10.0 Å². The smallest absolute Gasteiger partial charge is 0.223 e. The van der Waals surface area contributed by atoms with Gasteiger partial charge in [0.2, 0.25) is 15.9 Å². The molecule has 0 aromatic heterocycles. The molecule has 0 aromatic rings. The molecule has 0 aromatic carbocycles. The zero-order valence-corrected chi connectivity index (χ0v) is 10.7. The van der Waals surface area contributed by atoms with Crippen LogP contribution in [0.25, 0.3) is 0 Å². The molecule has 1 aliphatic rings. The summed E-state index contributed by atoms with van der Waals surface area (Å²) >= 11 is 0. The largest absolute Gasteiger partial charge is 0.355 e. The van der Waals surface area contributed by atoms with Gasteiger partial charge in [0.15, 0.2) is 0 Å². The molecule has 17 heavy (non-hydrogen) atoms. The summed E-state index contributed by atoms with van der Waals surface area (Å²) in [6, 6.07) is 0.